The van der Waals surface area contributed by atoms with Crippen LogP contribution in [0.4, 0.5) is 0 Å². The highest BCUT2D eigenvalue weighted by Crippen LogP contribution is 1.39. The lowest BCUT2D eigenvalue weighted by Gasteiger charge is -1.40. The molecule has 2 nitrogen and oxygen atoms in total. The maximum atomic E-state index is 8.12. The summed E-state index contributed by atoms with van der Waals surface area (Å²) in [5.74, 6) is 5.36. The number of rotatable bonds is 0. The van der Waals surface area contributed by atoms with Gasteiger partial charge in [-0.3, -0.25) is 0 Å². The van der Waals surface area contributed by atoms with Gasteiger partial charge in [-0.25, -0.2) is 0 Å². The third kappa shape index (κ3) is 11900. The molecule has 0 heterocycles. The average molecular weight is 98.1 g/mol. The second-order valence-corrected chi connectivity index (χ2v) is 0.583. The van der Waals surface area contributed by atoms with Crippen molar-refractivity contribution in [2.45, 2.75) is 13.8 Å². The van der Waals surface area contributed by atoms with Crippen LogP contribution in [0.1, 0.15) is 13.8 Å². The van der Waals surface area contributed by atoms with Gasteiger partial charge in [-0.2, -0.15) is 9.59 Å². The molecule has 0 aliphatic heterocycles. The number of hydrogen-bond donors (Lipinski definition) is 0. The van der Waals surface area contributed by atoms with E-state index in [1.165, 1.54) is 0 Å². The third-order valence-corrected chi connectivity index (χ3v) is 0.250. The summed E-state index contributed by atoms with van der Waals surface area (Å²) in [4.78, 5) is 16.2. The standard InChI is InChI=1S/C4H6.CO2/c1-3-4-2;2-1-3/h1-2H3;. The van der Waals surface area contributed by atoms with E-state index >= 15 is 0 Å². The molecule has 0 aliphatic carbocycles. The van der Waals surface area contributed by atoms with Gasteiger partial charge < -0.3 is 0 Å². The minimum Gasteiger partial charge on any atom is -0.186 e. The Bertz CT molecular complexity index is 93.0. The molecule has 0 aliphatic rings. The van der Waals surface area contributed by atoms with Gasteiger partial charge in [-0.05, 0) is 13.8 Å². The van der Waals surface area contributed by atoms with Gasteiger partial charge in [0, 0.05) is 0 Å². The zero-order chi connectivity index (χ0) is 6.12. The molecule has 0 spiro atoms. The summed E-state index contributed by atoms with van der Waals surface area (Å²) in [5.41, 5.74) is 0. The molecule has 0 unspecified atom stereocenters. The Morgan fingerprint density at radius 1 is 1.00 bits per heavy atom. The number of carbonyl (C=O) groups excluding carboxylic acids is 2. The lowest BCUT2D eigenvalue weighted by Crippen LogP contribution is -1.28. The second-order valence-electron chi connectivity index (χ2n) is 0.583. The minimum atomic E-state index is 0.250. The summed E-state index contributed by atoms with van der Waals surface area (Å²) in [6.07, 6.45) is 0.250. The lowest BCUT2D eigenvalue weighted by atomic mass is 10.7. The van der Waals surface area contributed by atoms with Crippen LogP contribution in [0.5, 0.6) is 0 Å². The molecule has 0 N–H and O–H groups in total. The first-order valence-electron chi connectivity index (χ1n) is 1.66. The molecule has 38 valence electrons. The van der Waals surface area contributed by atoms with E-state index in [0.29, 0.717) is 0 Å². The minimum absolute atomic E-state index is 0.250. The Labute approximate surface area is 42.5 Å². The average Bonchev–Trinajstić information content (AvgIpc) is 1.69. The van der Waals surface area contributed by atoms with Gasteiger partial charge >= 0.3 is 6.15 Å². The molecule has 0 saturated carbocycles. The van der Waals surface area contributed by atoms with Crippen molar-refractivity contribution in [2.24, 2.45) is 0 Å². The normalized spacial score (nSPS) is 3.14. The molecule has 0 fully saturated rings. The largest absolute Gasteiger partial charge is 0.373 e. The number of hydrogen-bond acceptors (Lipinski definition) is 2. The fourth-order valence-electron chi connectivity index (χ4n) is 0. The molecule has 0 saturated heterocycles. The Morgan fingerprint density at radius 2 is 1.14 bits per heavy atom. The van der Waals surface area contributed by atoms with Crippen LogP contribution in [0.3, 0.4) is 0 Å². The topological polar surface area (TPSA) is 34.1 Å². The zero-order valence-corrected chi connectivity index (χ0v) is 4.32. The first-order chi connectivity index (χ1) is 3.33. The van der Waals surface area contributed by atoms with Crippen LogP contribution in [-0.2, 0) is 9.59 Å². The lowest BCUT2D eigenvalue weighted by molar-refractivity contribution is -0.191. The van der Waals surface area contributed by atoms with Gasteiger partial charge in [0.1, 0.15) is 0 Å². The van der Waals surface area contributed by atoms with Gasteiger partial charge in [0.05, 0.1) is 0 Å². The zero-order valence-electron chi connectivity index (χ0n) is 4.32. The van der Waals surface area contributed by atoms with Crippen LogP contribution in [0, 0.1) is 11.8 Å². The van der Waals surface area contributed by atoms with E-state index in [2.05, 4.69) is 11.8 Å². The SMILES string of the molecule is CC#CC.O=C=O. The van der Waals surface area contributed by atoms with Crippen LogP contribution >= 0.6 is 0 Å². The van der Waals surface area contributed by atoms with E-state index in [4.69, 9.17) is 9.59 Å². The summed E-state index contributed by atoms with van der Waals surface area (Å²) in [5, 5.41) is 0. The maximum absolute atomic E-state index is 8.12. The molecule has 0 amide bonds. The Balaban J connectivity index is 0. The molecular weight excluding hydrogens is 92.1 g/mol. The fourth-order valence-corrected chi connectivity index (χ4v) is 0. The third-order valence-electron chi connectivity index (χ3n) is 0.250. The van der Waals surface area contributed by atoms with Crippen molar-refractivity contribution in [3.63, 3.8) is 0 Å². The highest BCUT2D eigenvalue weighted by molar-refractivity contribution is 5.20. The predicted octanol–water partition coefficient (Wildman–Crippen LogP) is 0.446. The molecule has 2 heteroatoms. The van der Waals surface area contributed by atoms with Gasteiger partial charge in [0.25, 0.3) is 0 Å². The van der Waals surface area contributed by atoms with Crippen molar-refractivity contribution < 1.29 is 9.59 Å². The Hall–Kier alpha value is -1.06. The van der Waals surface area contributed by atoms with Crippen LogP contribution in [0.2, 0.25) is 0 Å². The van der Waals surface area contributed by atoms with E-state index in [0.717, 1.165) is 0 Å². The molecule has 0 aromatic rings. The van der Waals surface area contributed by atoms with Gasteiger partial charge in [-0.1, -0.05) is 0 Å². The fraction of sp³-hybridized carbons (Fsp3) is 0.400. The van der Waals surface area contributed by atoms with Crippen molar-refractivity contribution in [3.8, 4) is 11.8 Å². The van der Waals surface area contributed by atoms with Crippen LogP contribution in [0.25, 0.3) is 0 Å². The summed E-state index contributed by atoms with van der Waals surface area (Å²) < 4.78 is 0. The summed E-state index contributed by atoms with van der Waals surface area (Å²) in [7, 11) is 0. The Morgan fingerprint density at radius 3 is 1.14 bits per heavy atom. The summed E-state index contributed by atoms with van der Waals surface area (Å²) >= 11 is 0. The molecule has 0 rings (SSSR count). The van der Waals surface area contributed by atoms with Crippen molar-refractivity contribution in [1.82, 2.24) is 0 Å². The van der Waals surface area contributed by atoms with Gasteiger partial charge in [-0.15, -0.1) is 11.8 Å². The van der Waals surface area contributed by atoms with Crippen LogP contribution in [0.15, 0.2) is 0 Å². The summed E-state index contributed by atoms with van der Waals surface area (Å²) in [6.45, 7) is 3.64. The molecule has 0 aromatic carbocycles. The molecule has 0 aromatic heterocycles. The maximum Gasteiger partial charge on any atom is 0.373 e. The monoisotopic (exact) mass is 98.0 g/mol. The van der Waals surface area contributed by atoms with Gasteiger partial charge in [0.15, 0.2) is 0 Å². The summed E-state index contributed by atoms with van der Waals surface area (Å²) in [6, 6.07) is 0. The van der Waals surface area contributed by atoms with E-state index in [9.17, 15) is 0 Å². The van der Waals surface area contributed by atoms with E-state index in [-0.39, 0.29) is 6.15 Å². The van der Waals surface area contributed by atoms with Gasteiger partial charge in [0.2, 0.25) is 0 Å². The smallest absolute Gasteiger partial charge is 0.186 e. The van der Waals surface area contributed by atoms with E-state index in [1.54, 1.807) is 0 Å². The first kappa shape index (κ1) is 9.34. The van der Waals surface area contributed by atoms with E-state index < -0.39 is 0 Å². The molecule has 0 atom stereocenters. The molecule has 0 radical (unpaired) electrons. The highest BCUT2D eigenvalue weighted by atomic mass is 16.2. The predicted molar refractivity (Wildman–Crippen MR) is 24.1 cm³/mol. The highest BCUT2D eigenvalue weighted by Gasteiger charge is 1.26. The second kappa shape index (κ2) is 20.4. The van der Waals surface area contributed by atoms with Crippen LogP contribution < -0.4 is 0 Å². The molecule has 0 bridgehead atoms. The molecular formula is C5H6O2. The van der Waals surface area contributed by atoms with Crippen molar-refractivity contribution >= 4 is 6.15 Å². The molecule has 7 heavy (non-hydrogen) atoms. The van der Waals surface area contributed by atoms with Crippen molar-refractivity contribution in [1.29, 1.82) is 0 Å². The quantitative estimate of drug-likeness (QED) is 0.412. The first-order valence-corrected chi connectivity index (χ1v) is 1.66. The van der Waals surface area contributed by atoms with Crippen molar-refractivity contribution in [2.75, 3.05) is 0 Å². The van der Waals surface area contributed by atoms with E-state index in [1.807, 2.05) is 13.8 Å². The Kier molecular flexibility index (Phi) is 27.2. The van der Waals surface area contributed by atoms with Crippen molar-refractivity contribution in [3.05, 3.63) is 0 Å². The van der Waals surface area contributed by atoms with Crippen LogP contribution in [-0.4, -0.2) is 6.15 Å².